The van der Waals surface area contributed by atoms with Gasteiger partial charge >= 0.3 is 0 Å². The first-order valence-electron chi connectivity index (χ1n) is 6.36. The second-order valence-electron chi connectivity index (χ2n) is 4.55. The van der Waals surface area contributed by atoms with Crippen LogP contribution in [0.3, 0.4) is 0 Å². The van der Waals surface area contributed by atoms with Gasteiger partial charge in [-0.05, 0) is 25.3 Å². The zero-order chi connectivity index (χ0) is 12.6. The quantitative estimate of drug-likeness (QED) is 0.844. The molecule has 18 heavy (non-hydrogen) atoms. The van der Waals surface area contributed by atoms with Crippen LogP contribution in [0.4, 0.5) is 0 Å². The summed E-state index contributed by atoms with van der Waals surface area (Å²) in [5.74, 6) is 0. The van der Waals surface area contributed by atoms with Gasteiger partial charge < -0.3 is 5.32 Å². The lowest BCUT2D eigenvalue weighted by Gasteiger charge is -2.13. The van der Waals surface area contributed by atoms with Gasteiger partial charge in [-0.25, -0.2) is 9.97 Å². The summed E-state index contributed by atoms with van der Waals surface area (Å²) < 4.78 is 0. The minimum Gasteiger partial charge on any atom is -0.310 e. The van der Waals surface area contributed by atoms with E-state index in [0.29, 0.717) is 6.04 Å². The SMILES string of the molecule is CC(CCc1ccccc1)NCc1cncnc1. The Labute approximate surface area is 108 Å². The highest BCUT2D eigenvalue weighted by molar-refractivity contribution is 5.14. The molecule has 1 N–H and O–H groups in total. The molecule has 2 rings (SSSR count). The van der Waals surface area contributed by atoms with Crippen molar-refractivity contribution in [2.24, 2.45) is 0 Å². The summed E-state index contributed by atoms with van der Waals surface area (Å²) in [6, 6.07) is 11.1. The molecule has 0 aliphatic carbocycles. The summed E-state index contributed by atoms with van der Waals surface area (Å²) in [5, 5.41) is 3.49. The van der Waals surface area contributed by atoms with E-state index in [4.69, 9.17) is 0 Å². The topological polar surface area (TPSA) is 37.8 Å². The van der Waals surface area contributed by atoms with Crippen molar-refractivity contribution < 1.29 is 0 Å². The van der Waals surface area contributed by atoms with Crippen molar-refractivity contribution in [2.45, 2.75) is 32.4 Å². The first-order valence-corrected chi connectivity index (χ1v) is 6.36. The van der Waals surface area contributed by atoms with Crippen molar-refractivity contribution in [1.29, 1.82) is 0 Å². The van der Waals surface area contributed by atoms with Gasteiger partial charge in [-0.15, -0.1) is 0 Å². The summed E-state index contributed by atoms with van der Waals surface area (Å²) in [4.78, 5) is 8.01. The smallest absolute Gasteiger partial charge is 0.115 e. The third-order valence-corrected chi connectivity index (χ3v) is 2.98. The third-order valence-electron chi connectivity index (χ3n) is 2.98. The van der Waals surface area contributed by atoms with Gasteiger partial charge in [0.2, 0.25) is 0 Å². The van der Waals surface area contributed by atoms with Crippen LogP contribution in [-0.4, -0.2) is 16.0 Å². The Kier molecular flexibility index (Phi) is 4.85. The summed E-state index contributed by atoms with van der Waals surface area (Å²) in [7, 11) is 0. The number of hydrogen-bond acceptors (Lipinski definition) is 3. The molecule has 0 saturated carbocycles. The molecule has 0 spiro atoms. The molecule has 1 aromatic carbocycles. The molecule has 0 aliphatic heterocycles. The van der Waals surface area contributed by atoms with Gasteiger partial charge in [0.05, 0.1) is 0 Å². The fourth-order valence-corrected chi connectivity index (χ4v) is 1.84. The van der Waals surface area contributed by atoms with E-state index in [0.717, 1.165) is 24.9 Å². The molecule has 0 amide bonds. The van der Waals surface area contributed by atoms with E-state index in [1.165, 1.54) is 5.56 Å². The molecule has 0 bridgehead atoms. The zero-order valence-corrected chi connectivity index (χ0v) is 10.7. The number of nitrogens with one attached hydrogen (secondary N) is 1. The van der Waals surface area contributed by atoms with Crippen LogP contribution in [0.5, 0.6) is 0 Å². The van der Waals surface area contributed by atoms with Gasteiger partial charge in [0, 0.05) is 30.5 Å². The molecule has 3 nitrogen and oxygen atoms in total. The largest absolute Gasteiger partial charge is 0.310 e. The highest BCUT2D eigenvalue weighted by Crippen LogP contribution is 2.05. The van der Waals surface area contributed by atoms with Gasteiger partial charge in [-0.2, -0.15) is 0 Å². The van der Waals surface area contributed by atoms with Gasteiger partial charge in [0.1, 0.15) is 6.33 Å². The fourth-order valence-electron chi connectivity index (χ4n) is 1.84. The van der Waals surface area contributed by atoms with Crippen LogP contribution in [0.2, 0.25) is 0 Å². The summed E-state index contributed by atoms with van der Waals surface area (Å²) >= 11 is 0. The molecule has 1 aromatic heterocycles. The van der Waals surface area contributed by atoms with Crippen molar-refractivity contribution in [3.63, 3.8) is 0 Å². The number of rotatable bonds is 6. The molecular weight excluding hydrogens is 222 g/mol. The van der Waals surface area contributed by atoms with E-state index in [2.05, 4.69) is 52.5 Å². The Hall–Kier alpha value is -1.74. The zero-order valence-electron chi connectivity index (χ0n) is 10.7. The van der Waals surface area contributed by atoms with E-state index < -0.39 is 0 Å². The van der Waals surface area contributed by atoms with Crippen LogP contribution in [0, 0.1) is 0 Å². The Morgan fingerprint density at radius 2 is 1.78 bits per heavy atom. The average molecular weight is 241 g/mol. The number of hydrogen-bond donors (Lipinski definition) is 1. The summed E-state index contributed by atoms with van der Waals surface area (Å²) in [6.07, 6.45) is 7.51. The second-order valence-corrected chi connectivity index (χ2v) is 4.55. The van der Waals surface area contributed by atoms with Crippen LogP contribution in [0.15, 0.2) is 49.1 Å². The van der Waals surface area contributed by atoms with Crippen LogP contribution >= 0.6 is 0 Å². The highest BCUT2D eigenvalue weighted by atomic mass is 14.9. The van der Waals surface area contributed by atoms with Gasteiger partial charge in [-0.1, -0.05) is 30.3 Å². The number of benzene rings is 1. The number of aromatic nitrogens is 2. The predicted molar refractivity (Wildman–Crippen MR) is 73.1 cm³/mol. The predicted octanol–water partition coefficient (Wildman–Crippen LogP) is 2.59. The van der Waals surface area contributed by atoms with E-state index in [9.17, 15) is 0 Å². The molecule has 1 heterocycles. The van der Waals surface area contributed by atoms with Gasteiger partial charge in [0.15, 0.2) is 0 Å². The summed E-state index contributed by atoms with van der Waals surface area (Å²) in [5.41, 5.74) is 2.53. The average Bonchev–Trinajstić information content (AvgIpc) is 2.45. The highest BCUT2D eigenvalue weighted by Gasteiger charge is 2.02. The third kappa shape index (κ3) is 4.26. The van der Waals surface area contributed by atoms with Crippen LogP contribution < -0.4 is 5.32 Å². The van der Waals surface area contributed by atoms with Crippen LogP contribution in [0.25, 0.3) is 0 Å². The minimum absolute atomic E-state index is 0.491. The van der Waals surface area contributed by atoms with Crippen molar-refractivity contribution >= 4 is 0 Å². The lowest BCUT2D eigenvalue weighted by molar-refractivity contribution is 0.513. The normalized spacial score (nSPS) is 12.3. The second kappa shape index (κ2) is 6.87. The Bertz CT molecular complexity index is 398. The van der Waals surface area contributed by atoms with Crippen LogP contribution in [-0.2, 0) is 13.0 Å². The van der Waals surface area contributed by atoms with Crippen molar-refractivity contribution in [2.75, 3.05) is 0 Å². The number of nitrogens with zero attached hydrogens (tertiary/aromatic N) is 2. The van der Waals surface area contributed by atoms with E-state index in [1.807, 2.05) is 12.4 Å². The minimum atomic E-state index is 0.491. The lowest BCUT2D eigenvalue weighted by atomic mass is 10.1. The molecule has 1 atom stereocenters. The Morgan fingerprint density at radius 3 is 2.50 bits per heavy atom. The van der Waals surface area contributed by atoms with Gasteiger partial charge in [0.25, 0.3) is 0 Å². The Balaban J connectivity index is 1.71. The maximum atomic E-state index is 4.01. The molecular formula is C15H19N3. The molecule has 0 saturated heterocycles. The van der Waals surface area contributed by atoms with Crippen molar-refractivity contribution in [1.82, 2.24) is 15.3 Å². The first kappa shape index (κ1) is 12.7. The van der Waals surface area contributed by atoms with Crippen molar-refractivity contribution in [3.05, 3.63) is 60.2 Å². The fraction of sp³-hybridized carbons (Fsp3) is 0.333. The molecule has 1 unspecified atom stereocenters. The lowest BCUT2D eigenvalue weighted by Crippen LogP contribution is -2.26. The van der Waals surface area contributed by atoms with Crippen LogP contribution in [0.1, 0.15) is 24.5 Å². The Morgan fingerprint density at radius 1 is 1.06 bits per heavy atom. The standard InChI is InChI=1S/C15H19N3/c1-13(7-8-14-5-3-2-4-6-14)18-11-15-9-16-12-17-10-15/h2-6,9-10,12-13,18H,7-8,11H2,1H3. The summed E-state index contributed by atoms with van der Waals surface area (Å²) in [6.45, 7) is 3.05. The van der Waals surface area contributed by atoms with E-state index in [-0.39, 0.29) is 0 Å². The van der Waals surface area contributed by atoms with E-state index in [1.54, 1.807) is 6.33 Å². The molecule has 94 valence electrons. The number of aryl methyl sites for hydroxylation is 1. The molecule has 0 radical (unpaired) electrons. The molecule has 3 heteroatoms. The van der Waals surface area contributed by atoms with Gasteiger partial charge in [-0.3, -0.25) is 0 Å². The van der Waals surface area contributed by atoms with Crippen molar-refractivity contribution in [3.8, 4) is 0 Å². The molecule has 0 fully saturated rings. The first-order chi connectivity index (χ1) is 8.84. The monoisotopic (exact) mass is 241 g/mol. The maximum Gasteiger partial charge on any atom is 0.115 e. The molecule has 2 aromatic rings. The van der Waals surface area contributed by atoms with E-state index >= 15 is 0 Å². The maximum absolute atomic E-state index is 4.01. The molecule has 0 aliphatic rings.